The predicted octanol–water partition coefficient (Wildman–Crippen LogP) is 5.81. The SMILES string of the molecule is C=CCCCCCC1CC(C(C)C)CCC1CNCCC. The van der Waals surface area contributed by atoms with E-state index in [0.717, 1.165) is 23.7 Å². The third kappa shape index (κ3) is 7.49. The van der Waals surface area contributed by atoms with Crippen LogP contribution < -0.4 is 5.32 Å². The highest BCUT2D eigenvalue weighted by Crippen LogP contribution is 2.39. The van der Waals surface area contributed by atoms with E-state index in [4.69, 9.17) is 0 Å². The van der Waals surface area contributed by atoms with Gasteiger partial charge in [-0.25, -0.2) is 0 Å². The number of unbranched alkanes of at least 4 members (excludes halogenated alkanes) is 3. The Labute approximate surface area is 134 Å². The molecule has 0 spiro atoms. The van der Waals surface area contributed by atoms with Gasteiger partial charge in [0, 0.05) is 0 Å². The minimum absolute atomic E-state index is 0.873. The van der Waals surface area contributed by atoms with E-state index in [9.17, 15) is 0 Å². The summed E-state index contributed by atoms with van der Waals surface area (Å²) in [7, 11) is 0. The largest absolute Gasteiger partial charge is 0.316 e. The van der Waals surface area contributed by atoms with Crippen LogP contribution in [0.5, 0.6) is 0 Å². The Kier molecular flexibility index (Phi) is 10.1. The van der Waals surface area contributed by atoms with Crippen molar-refractivity contribution in [3.8, 4) is 0 Å². The molecule has 0 aromatic heterocycles. The Morgan fingerprint density at radius 2 is 1.95 bits per heavy atom. The van der Waals surface area contributed by atoms with Gasteiger partial charge in [0.2, 0.25) is 0 Å². The fraction of sp³-hybridized carbons (Fsp3) is 0.900. The van der Waals surface area contributed by atoms with Crippen LogP contribution in [0.15, 0.2) is 12.7 Å². The maximum absolute atomic E-state index is 3.82. The van der Waals surface area contributed by atoms with E-state index in [0.29, 0.717) is 0 Å². The summed E-state index contributed by atoms with van der Waals surface area (Å²) < 4.78 is 0. The van der Waals surface area contributed by atoms with Gasteiger partial charge in [-0.05, 0) is 75.3 Å². The molecule has 0 saturated heterocycles. The average molecular weight is 294 g/mol. The molecule has 3 atom stereocenters. The summed E-state index contributed by atoms with van der Waals surface area (Å²) in [6.07, 6.45) is 14.5. The summed E-state index contributed by atoms with van der Waals surface area (Å²) in [5, 5.41) is 3.68. The molecule has 1 saturated carbocycles. The normalized spacial score (nSPS) is 26.2. The standard InChI is InChI=1S/C20H39N/c1-5-7-8-9-10-11-19-15-18(17(3)4)12-13-20(19)16-21-14-6-2/h5,17-21H,1,6-16H2,2-4H3. The number of rotatable bonds is 11. The van der Waals surface area contributed by atoms with E-state index in [1.54, 1.807) is 0 Å². The lowest BCUT2D eigenvalue weighted by Gasteiger charge is -2.38. The van der Waals surface area contributed by atoms with E-state index in [2.05, 4.69) is 38.7 Å². The van der Waals surface area contributed by atoms with Crippen LogP contribution in [0.3, 0.4) is 0 Å². The number of hydrogen-bond donors (Lipinski definition) is 1. The Hall–Kier alpha value is -0.300. The van der Waals surface area contributed by atoms with Crippen LogP contribution in [0.2, 0.25) is 0 Å². The van der Waals surface area contributed by atoms with Gasteiger partial charge in [0.1, 0.15) is 0 Å². The molecule has 0 amide bonds. The topological polar surface area (TPSA) is 12.0 Å². The molecule has 3 unspecified atom stereocenters. The molecule has 21 heavy (non-hydrogen) atoms. The van der Waals surface area contributed by atoms with Crippen molar-refractivity contribution in [1.82, 2.24) is 5.32 Å². The van der Waals surface area contributed by atoms with Crippen molar-refractivity contribution in [1.29, 1.82) is 0 Å². The highest BCUT2D eigenvalue weighted by molar-refractivity contribution is 4.83. The van der Waals surface area contributed by atoms with Gasteiger partial charge in [-0.1, -0.05) is 46.1 Å². The second-order valence-electron chi connectivity index (χ2n) is 7.47. The van der Waals surface area contributed by atoms with E-state index in [-0.39, 0.29) is 0 Å². The Morgan fingerprint density at radius 1 is 1.14 bits per heavy atom. The zero-order valence-electron chi connectivity index (χ0n) is 14.9. The lowest BCUT2D eigenvalue weighted by atomic mass is 9.69. The molecule has 0 aromatic carbocycles. The highest BCUT2D eigenvalue weighted by Gasteiger charge is 2.30. The van der Waals surface area contributed by atoms with E-state index < -0.39 is 0 Å². The van der Waals surface area contributed by atoms with E-state index in [1.807, 2.05) is 0 Å². The molecule has 1 rings (SSSR count). The van der Waals surface area contributed by atoms with Crippen molar-refractivity contribution >= 4 is 0 Å². The van der Waals surface area contributed by atoms with Crippen LogP contribution >= 0.6 is 0 Å². The van der Waals surface area contributed by atoms with Gasteiger partial charge < -0.3 is 5.32 Å². The number of hydrogen-bond acceptors (Lipinski definition) is 1. The third-order valence-corrected chi connectivity index (χ3v) is 5.44. The second-order valence-corrected chi connectivity index (χ2v) is 7.47. The molecular formula is C20H39N. The minimum Gasteiger partial charge on any atom is -0.316 e. The fourth-order valence-corrected chi connectivity index (χ4v) is 3.93. The lowest BCUT2D eigenvalue weighted by Crippen LogP contribution is -2.34. The maximum Gasteiger partial charge on any atom is -0.00179 e. The quantitative estimate of drug-likeness (QED) is 0.374. The number of allylic oxidation sites excluding steroid dienone is 1. The molecule has 0 heterocycles. The Balaban J connectivity index is 2.37. The van der Waals surface area contributed by atoms with Crippen LogP contribution in [0.4, 0.5) is 0 Å². The maximum atomic E-state index is 3.82. The summed E-state index contributed by atoms with van der Waals surface area (Å²) in [5.41, 5.74) is 0. The zero-order valence-corrected chi connectivity index (χ0v) is 14.9. The van der Waals surface area contributed by atoms with Gasteiger partial charge in [0.25, 0.3) is 0 Å². The molecule has 1 aliphatic rings. The van der Waals surface area contributed by atoms with Crippen molar-refractivity contribution in [2.24, 2.45) is 23.7 Å². The first-order valence-electron chi connectivity index (χ1n) is 9.50. The Morgan fingerprint density at radius 3 is 2.62 bits per heavy atom. The van der Waals surface area contributed by atoms with Crippen LogP contribution in [-0.2, 0) is 0 Å². The molecule has 1 heteroatoms. The summed E-state index contributed by atoms with van der Waals surface area (Å²) in [6.45, 7) is 13.4. The summed E-state index contributed by atoms with van der Waals surface area (Å²) in [4.78, 5) is 0. The van der Waals surface area contributed by atoms with Crippen molar-refractivity contribution < 1.29 is 0 Å². The molecule has 1 N–H and O–H groups in total. The lowest BCUT2D eigenvalue weighted by molar-refractivity contribution is 0.135. The van der Waals surface area contributed by atoms with Gasteiger partial charge in [-0.3, -0.25) is 0 Å². The van der Waals surface area contributed by atoms with Gasteiger partial charge in [0.05, 0.1) is 0 Å². The number of nitrogens with one attached hydrogen (secondary N) is 1. The van der Waals surface area contributed by atoms with Crippen LogP contribution in [0, 0.1) is 23.7 Å². The monoisotopic (exact) mass is 293 g/mol. The van der Waals surface area contributed by atoms with E-state index >= 15 is 0 Å². The van der Waals surface area contributed by atoms with Gasteiger partial charge in [0.15, 0.2) is 0 Å². The predicted molar refractivity (Wildman–Crippen MR) is 95.6 cm³/mol. The van der Waals surface area contributed by atoms with E-state index in [1.165, 1.54) is 70.9 Å². The molecule has 0 aromatic rings. The van der Waals surface area contributed by atoms with Gasteiger partial charge in [-0.15, -0.1) is 6.58 Å². The summed E-state index contributed by atoms with van der Waals surface area (Å²) >= 11 is 0. The minimum atomic E-state index is 0.873. The van der Waals surface area contributed by atoms with Gasteiger partial charge >= 0.3 is 0 Å². The van der Waals surface area contributed by atoms with Crippen molar-refractivity contribution in [2.45, 2.75) is 78.6 Å². The first kappa shape index (κ1) is 18.7. The van der Waals surface area contributed by atoms with Crippen molar-refractivity contribution in [3.63, 3.8) is 0 Å². The molecule has 1 fully saturated rings. The van der Waals surface area contributed by atoms with Crippen molar-refractivity contribution in [2.75, 3.05) is 13.1 Å². The molecule has 124 valence electrons. The van der Waals surface area contributed by atoms with Crippen molar-refractivity contribution in [3.05, 3.63) is 12.7 Å². The van der Waals surface area contributed by atoms with Crippen LogP contribution in [0.1, 0.15) is 78.6 Å². The molecular weight excluding hydrogens is 254 g/mol. The molecule has 1 aliphatic carbocycles. The fourth-order valence-electron chi connectivity index (χ4n) is 3.93. The van der Waals surface area contributed by atoms with Crippen LogP contribution in [-0.4, -0.2) is 13.1 Å². The molecule has 0 aliphatic heterocycles. The summed E-state index contributed by atoms with van der Waals surface area (Å²) in [6, 6.07) is 0. The Bertz CT molecular complexity index is 259. The zero-order chi connectivity index (χ0) is 15.5. The first-order valence-corrected chi connectivity index (χ1v) is 9.50. The van der Waals surface area contributed by atoms with Crippen LogP contribution in [0.25, 0.3) is 0 Å². The summed E-state index contributed by atoms with van der Waals surface area (Å²) in [5.74, 6) is 3.76. The van der Waals surface area contributed by atoms with Gasteiger partial charge in [-0.2, -0.15) is 0 Å². The third-order valence-electron chi connectivity index (χ3n) is 5.44. The highest BCUT2D eigenvalue weighted by atomic mass is 14.9. The first-order chi connectivity index (χ1) is 10.2. The molecule has 1 nitrogen and oxygen atoms in total. The molecule has 0 radical (unpaired) electrons. The molecule has 0 bridgehead atoms. The second kappa shape index (κ2) is 11.3. The average Bonchev–Trinajstić information content (AvgIpc) is 2.48. The smallest absolute Gasteiger partial charge is 0.00179 e.